The van der Waals surface area contributed by atoms with Crippen LogP contribution in [0.5, 0.6) is 0 Å². The smallest absolute Gasteiger partial charge is 0.0239 e. The van der Waals surface area contributed by atoms with E-state index in [4.69, 9.17) is 0 Å². The van der Waals surface area contributed by atoms with Crippen molar-refractivity contribution in [1.29, 1.82) is 0 Å². The molecule has 2 N–H and O–H groups in total. The molecule has 1 heterocycles. The van der Waals surface area contributed by atoms with Crippen LogP contribution < -0.4 is 10.7 Å². The van der Waals surface area contributed by atoms with Crippen molar-refractivity contribution < 1.29 is 0 Å². The van der Waals surface area contributed by atoms with Gasteiger partial charge in [0.25, 0.3) is 0 Å². The summed E-state index contributed by atoms with van der Waals surface area (Å²) in [6.07, 6.45) is 2.52. The van der Waals surface area contributed by atoms with Crippen molar-refractivity contribution >= 4 is 0 Å². The molecule has 12 heavy (non-hydrogen) atoms. The number of nitrogens with one attached hydrogen (secondary N) is 2. The lowest BCUT2D eigenvalue weighted by atomic mass is 10.1. The normalized spacial score (nSPS) is 20.2. The molecule has 72 valence electrons. The molecule has 1 saturated heterocycles. The molecular formula is C9H21N3. The van der Waals surface area contributed by atoms with Crippen LogP contribution in [0.25, 0.3) is 0 Å². The Morgan fingerprint density at radius 2 is 1.83 bits per heavy atom. The number of rotatable bonds is 4. The predicted molar refractivity (Wildman–Crippen MR) is 51.9 cm³/mol. The Hall–Kier alpha value is -0.120. The molecule has 0 spiro atoms. The van der Waals surface area contributed by atoms with Gasteiger partial charge in [-0.05, 0) is 25.9 Å². The first kappa shape index (κ1) is 9.96. The molecule has 0 atom stereocenters. The Morgan fingerprint density at radius 1 is 1.25 bits per heavy atom. The summed E-state index contributed by atoms with van der Waals surface area (Å²) >= 11 is 0. The molecule has 0 aromatic carbocycles. The fraction of sp³-hybridized carbons (Fsp3) is 1.00. The lowest BCUT2D eigenvalue weighted by molar-refractivity contribution is 0.157. The molecule has 3 nitrogen and oxygen atoms in total. The van der Waals surface area contributed by atoms with E-state index in [9.17, 15) is 0 Å². The Kier molecular flexibility index (Phi) is 4.58. The molecule has 1 rings (SSSR count). The van der Waals surface area contributed by atoms with Crippen molar-refractivity contribution in [2.24, 2.45) is 0 Å². The summed E-state index contributed by atoms with van der Waals surface area (Å²) in [7, 11) is 0. The molecule has 0 aromatic heterocycles. The highest BCUT2D eigenvalue weighted by Crippen LogP contribution is 2.02. The van der Waals surface area contributed by atoms with Gasteiger partial charge in [-0.15, -0.1) is 0 Å². The van der Waals surface area contributed by atoms with Crippen molar-refractivity contribution in [3.8, 4) is 0 Å². The third kappa shape index (κ3) is 3.09. The third-order valence-corrected chi connectivity index (χ3v) is 2.47. The molecule has 0 bridgehead atoms. The number of hydrogen-bond donors (Lipinski definition) is 2. The summed E-state index contributed by atoms with van der Waals surface area (Å²) in [6.45, 7) is 8.91. The predicted octanol–water partition coefficient (Wildman–Crippen LogP) is 0.585. The van der Waals surface area contributed by atoms with E-state index in [1.54, 1.807) is 0 Å². The fourth-order valence-electron chi connectivity index (χ4n) is 1.62. The van der Waals surface area contributed by atoms with Crippen LogP contribution in [0.4, 0.5) is 0 Å². The first-order valence-corrected chi connectivity index (χ1v) is 5.08. The van der Waals surface area contributed by atoms with Crippen LogP contribution in [0.2, 0.25) is 0 Å². The van der Waals surface area contributed by atoms with Crippen molar-refractivity contribution in [3.63, 3.8) is 0 Å². The SMILES string of the molecule is CCN(CC)NC1CCNCC1. The summed E-state index contributed by atoms with van der Waals surface area (Å²) < 4.78 is 0. The number of hydrogen-bond acceptors (Lipinski definition) is 3. The Balaban J connectivity index is 2.18. The van der Waals surface area contributed by atoms with Gasteiger partial charge in [-0.2, -0.15) is 0 Å². The molecule has 0 unspecified atom stereocenters. The van der Waals surface area contributed by atoms with E-state index in [0.29, 0.717) is 6.04 Å². The molecular weight excluding hydrogens is 150 g/mol. The van der Waals surface area contributed by atoms with Crippen molar-refractivity contribution in [2.75, 3.05) is 26.2 Å². The molecule has 1 aliphatic rings. The average molecular weight is 171 g/mol. The highest BCUT2D eigenvalue weighted by molar-refractivity contribution is 4.72. The zero-order valence-corrected chi connectivity index (χ0v) is 8.27. The second kappa shape index (κ2) is 5.51. The summed E-state index contributed by atoms with van der Waals surface area (Å²) in [5.41, 5.74) is 3.55. The van der Waals surface area contributed by atoms with Gasteiger partial charge >= 0.3 is 0 Å². The molecule has 0 amide bonds. The van der Waals surface area contributed by atoms with E-state index in [-0.39, 0.29) is 0 Å². The van der Waals surface area contributed by atoms with Gasteiger partial charge in [0, 0.05) is 19.1 Å². The maximum atomic E-state index is 3.55. The van der Waals surface area contributed by atoms with E-state index in [0.717, 1.165) is 13.1 Å². The first-order valence-electron chi connectivity index (χ1n) is 5.08. The van der Waals surface area contributed by atoms with E-state index < -0.39 is 0 Å². The molecule has 0 radical (unpaired) electrons. The lowest BCUT2D eigenvalue weighted by Crippen LogP contribution is -2.48. The summed E-state index contributed by atoms with van der Waals surface area (Å²) in [5, 5.41) is 5.65. The molecule has 3 heteroatoms. The molecule has 1 fully saturated rings. The lowest BCUT2D eigenvalue weighted by Gasteiger charge is -2.29. The van der Waals surface area contributed by atoms with E-state index in [2.05, 4.69) is 29.6 Å². The third-order valence-electron chi connectivity index (χ3n) is 2.47. The monoisotopic (exact) mass is 171 g/mol. The van der Waals surface area contributed by atoms with Crippen LogP contribution in [0.3, 0.4) is 0 Å². The van der Waals surface area contributed by atoms with E-state index in [1.807, 2.05) is 0 Å². The van der Waals surface area contributed by atoms with Crippen LogP contribution in [0.1, 0.15) is 26.7 Å². The van der Waals surface area contributed by atoms with Gasteiger partial charge in [-0.3, -0.25) is 5.43 Å². The van der Waals surface area contributed by atoms with Gasteiger partial charge in [0.1, 0.15) is 0 Å². The minimum absolute atomic E-state index is 0.700. The van der Waals surface area contributed by atoms with Gasteiger partial charge in [0.15, 0.2) is 0 Å². The molecule has 0 aromatic rings. The number of nitrogens with zero attached hydrogens (tertiary/aromatic N) is 1. The van der Waals surface area contributed by atoms with Crippen LogP contribution in [-0.4, -0.2) is 37.2 Å². The van der Waals surface area contributed by atoms with E-state index in [1.165, 1.54) is 25.9 Å². The van der Waals surface area contributed by atoms with Crippen molar-refractivity contribution in [2.45, 2.75) is 32.7 Å². The second-order valence-corrected chi connectivity index (χ2v) is 3.33. The first-order chi connectivity index (χ1) is 5.86. The highest BCUT2D eigenvalue weighted by atomic mass is 15.5. The standard InChI is InChI=1S/C9H21N3/c1-3-12(4-2)11-9-5-7-10-8-6-9/h9-11H,3-8H2,1-2H3. The zero-order valence-electron chi connectivity index (χ0n) is 8.27. The number of hydrazine groups is 1. The Bertz CT molecular complexity index is 106. The van der Waals surface area contributed by atoms with Gasteiger partial charge < -0.3 is 5.32 Å². The van der Waals surface area contributed by atoms with Crippen molar-refractivity contribution in [1.82, 2.24) is 15.8 Å². The average Bonchev–Trinajstić information content (AvgIpc) is 2.16. The summed E-state index contributed by atoms with van der Waals surface area (Å²) in [5.74, 6) is 0. The second-order valence-electron chi connectivity index (χ2n) is 3.33. The molecule has 0 aliphatic carbocycles. The van der Waals surface area contributed by atoms with Gasteiger partial charge in [-0.25, -0.2) is 5.01 Å². The zero-order chi connectivity index (χ0) is 8.81. The van der Waals surface area contributed by atoms with Gasteiger partial charge in [0.2, 0.25) is 0 Å². The Morgan fingerprint density at radius 3 is 2.33 bits per heavy atom. The van der Waals surface area contributed by atoms with Crippen molar-refractivity contribution in [3.05, 3.63) is 0 Å². The summed E-state index contributed by atoms with van der Waals surface area (Å²) in [6, 6.07) is 0.700. The minimum atomic E-state index is 0.700. The van der Waals surface area contributed by atoms with Crippen LogP contribution >= 0.6 is 0 Å². The van der Waals surface area contributed by atoms with Gasteiger partial charge in [-0.1, -0.05) is 13.8 Å². The van der Waals surface area contributed by atoms with Crippen LogP contribution in [0.15, 0.2) is 0 Å². The van der Waals surface area contributed by atoms with E-state index >= 15 is 0 Å². The maximum absolute atomic E-state index is 3.55. The highest BCUT2D eigenvalue weighted by Gasteiger charge is 2.13. The Labute approximate surface area is 75.5 Å². The largest absolute Gasteiger partial charge is 0.317 e. The number of piperidine rings is 1. The molecule has 0 saturated carbocycles. The van der Waals surface area contributed by atoms with Crippen LogP contribution in [0, 0.1) is 0 Å². The van der Waals surface area contributed by atoms with Gasteiger partial charge in [0.05, 0.1) is 0 Å². The topological polar surface area (TPSA) is 27.3 Å². The molecule has 1 aliphatic heterocycles. The maximum Gasteiger partial charge on any atom is 0.0239 e. The summed E-state index contributed by atoms with van der Waals surface area (Å²) in [4.78, 5) is 0. The quantitative estimate of drug-likeness (QED) is 0.606. The van der Waals surface area contributed by atoms with Crippen LogP contribution in [-0.2, 0) is 0 Å². The minimum Gasteiger partial charge on any atom is -0.317 e. The fourth-order valence-corrected chi connectivity index (χ4v) is 1.62.